The summed E-state index contributed by atoms with van der Waals surface area (Å²) in [4.78, 5) is 23.6. The van der Waals surface area contributed by atoms with Crippen LogP contribution in [-0.4, -0.2) is 20.9 Å². The minimum Gasteiger partial charge on any atom is -0.381 e. The summed E-state index contributed by atoms with van der Waals surface area (Å²) in [6, 6.07) is 17.9. The Bertz CT molecular complexity index is 1550. The van der Waals surface area contributed by atoms with Gasteiger partial charge in [-0.25, -0.2) is 18.7 Å². The Labute approximate surface area is 206 Å². The van der Waals surface area contributed by atoms with Crippen LogP contribution in [0.1, 0.15) is 33.5 Å². The molecule has 180 valence electrons. The largest absolute Gasteiger partial charge is 0.381 e. The maximum Gasteiger partial charge on any atom is 0.263 e. The van der Waals surface area contributed by atoms with Crippen molar-refractivity contribution < 1.29 is 13.6 Å². The second-order valence-corrected chi connectivity index (χ2v) is 8.50. The Morgan fingerprint density at radius 1 is 1.03 bits per heavy atom. The molecule has 0 bridgehead atoms. The minimum absolute atomic E-state index is 0.00768. The number of hydrogen-bond donors (Lipinski definition) is 3. The molecule has 2 heterocycles. The predicted octanol–water partition coefficient (Wildman–Crippen LogP) is 6.25. The lowest BCUT2D eigenvalue weighted by molar-refractivity contribution is 0.100. The first-order valence-electron chi connectivity index (χ1n) is 11.3. The van der Waals surface area contributed by atoms with E-state index in [2.05, 4.69) is 20.3 Å². The summed E-state index contributed by atoms with van der Waals surface area (Å²) in [7, 11) is 0. The van der Waals surface area contributed by atoms with E-state index in [-0.39, 0.29) is 5.56 Å². The van der Waals surface area contributed by atoms with Crippen molar-refractivity contribution in [3.05, 3.63) is 102 Å². The number of halogens is 2. The van der Waals surface area contributed by atoms with Gasteiger partial charge in [-0.2, -0.15) is 0 Å². The minimum atomic E-state index is -2.48. The van der Waals surface area contributed by atoms with Crippen LogP contribution in [0.25, 0.3) is 33.3 Å². The van der Waals surface area contributed by atoms with Gasteiger partial charge in [-0.3, -0.25) is 4.79 Å². The zero-order valence-electron chi connectivity index (χ0n) is 19.4. The molecule has 1 amide bonds. The number of primary amides is 1. The highest BCUT2D eigenvalue weighted by atomic mass is 19.3. The van der Waals surface area contributed by atoms with Crippen LogP contribution in [0, 0.1) is 6.92 Å². The number of H-pyrrole nitrogens is 1. The summed E-state index contributed by atoms with van der Waals surface area (Å²) in [6.45, 7) is 2.51. The first-order chi connectivity index (χ1) is 17.4. The second kappa shape index (κ2) is 9.58. The van der Waals surface area contributed by atoms with E-state index in [1.807, 2.05) is 37.3 Å². The SMILES string of the molecule is Cc1c(NCc2ccc(C(F)F)cc2)cccc1-c1ccc(C(N)=O)c2[nH]c(-c3cncnc3)cc12. The maximum atomic E-state index is 12.8. The second-order valence-electron chi connectivity index (χ2n) is 8.50. The molecule has 0 atom stereocenters. The lowest BCUT2D eigenvalue weighted by atomic mass is 9.94. The molecule has 3 aromatic carbocycles. The molecule has 0 spiro atoms. The van der Waals surface area contributed by atoms with Gasteiger partial charge in [-0.1, -0.05) is 42.5 Å². The van der Waals surface area contributed by atoms with Crippen LogP contribution in [0.2, 0.25) is 0 Å². The first kappa shape index (κ1) is 23.2. The van der Waals surface area contributed by atoms with Crippen LogP contribution < -0.4 is 11.1 Å². The molecule has 4 N–H and O–H groups in total. The summed E-state index contributed by atoms with van der Waals surface area (Å²) >= 11 is 0. The number of hydrogen-bond acceptors (Lipinski definition) is 4. The van der Waals surface area contributed by atoms with Gasteiger partial charge in [-0.15, -0.1) is 0 Å². The van der Waals surface area contributed by atoms with E-state index >= 15 is 0 Å². The molecule has 2 aromatic heterocycles. The van der Waals surface area contributed by atoms with Crippen molar-refractivity contribution in [3.63, 3.8) is 0 Å². The number of carbonyl (C=O) groups excluding carboxylic acids is 1. The summed E-state index contributed by atoms with van der Waals surface area (Å²) < 4.78 is 25.7. The number of fused-ring (bicyclic) bond motifs is 1. The highest BCUT2D eigenvalue weighted by Gasteiger charge is 2.17. The lowest BCUT2D eigenvalue weighted by Crippen LogP contribution is -2.11. The van der Waals surface area contributed by atoms with Crippen molar-refractivity contribution in [2.24, 2.45) is 5.73 Å². The monoisotopic (exact) mass is 483 g/mol. The average molecular weight is 484 g/mol. The van der Waals surface area contributed by atoms with Crippen LogP contribution >= 0.6 is 0 Å². The van der Waals surface area contributed by atoms with Gasteiger partial charge in [0.25, 0.3) is 12.3 Å². The van der Waals surface area contributed by atoms with Crippen molar-refractivity contribution in [2.45, 2.75) is 19.9 Å². The molecule has 0 unspecified atom stereocenters. The Balaban J connectivity index is 1.52. The first-order valence-corrected chi connectivity index (χ1v) is 11.3. The average Bonchev–Trinajstić information content (AvgIpc) is 3.34. The van der Waals surface area contributed by atoms with E-state index in [1.54, 1.807) is 30.6 Å². The fraction of sp³-hybridized carbons (Fsp3) is 0.107. The van der Waals surface area contributed by atoms with E-state index in [0.29, 0.717) is 17.6 Å². The summed E-state index contributed by atoms with van der Waals surface area (Å²) in [5.41, 5.74) is 13.0. The topological polar surface area (TPSA) is 96.7 Å². The number of rotatable bonds is 7. The van der Waals surface area contributed by atoms with Crippen LogP contribution in [0.5, 0.6) is 0 Å². The number of aromatic amines is 1. The Hall–Kier alpha value is -4.59. The molecular formula is C28H23F2N5O. The molecule has 5 rings (SSSR count). The van der Waals surface area contributed by atoms with Crippen molar-refractivity contribution in [1.29, 1.82) is 0 Å². The Kier molecular flexibility index (Phi) is 6.16. The molecule has 6 nitrogen and oxygen atoms in total. The van der Waals surface area contributed by atoms with E-state index < -0.39 is 12.3 Å². The normalized spacial score (nSPS) is 11.2. The van der Waals surface area contributed by atoms with Gasteiger partial charge in [0.05, 0.1) is 11.1 Å². The number of nitrogens with zero attached hydrogens (tertiary/aromatic N) is 2. The predicted molar refractivity (Wildman–Crippen MR) is 137 cm³/mol. The molecule has 0 fully saturated rings. The van der Waals surface area contributed by atoms with Gasteiger partial charge in [-0.05, 0) is 47.4 Å². The molecule has 0 saturated carbocycles. The molecule has 0 aliphatic carbocycles. The fourth-order valence-corrected chi connectivity index (χ4v) is 4.35. The standard InChI is InChI=1S/C28H23F2N5O/c1-16-20(3-2-4-24(16)34-12-17-5-7-18(8-6-17)27(29)30)21-9-10-22(28(31)36)26-23(21)11-25(35-26)19-13-32-15-33-14-19/h2-11,13-15,27,34-35H,12H2,1H3,(H2,31,36). The Morgan fingerprint density at radius 3 is 2.47 bits per heavy atom. The molecule has 0 saturated heterocycles. The number of anilines is 1. The van der Waals surface area contributed by atoms with Gasteiger partial charge >= 0.3 is 0 Å². The summed E-state index contributed by atoms with van der Waals surface area (Å²) in [6.07, 6.45) is 2.38. The highest BCUT2D eigenvalue weighted by Crippen LogP contribution is 2.37. The van der Waals surface area contributed by atoms with Crippen molar-refractivity contribution in [1.82, 2.24) is 15.0 Å². The molecule has 36 heavy (non-hydrogen) atoms. The van der Waals surface area contributed by atoms with Crippen LogP contribution in [0.15, 0.2) is 79.4 Å². The zero-order chi connectivity index (χ0) is 25.2. The number of nitrogens with two attached hydrogens (primary N) is 1. The smallest absolute Gasteiger partial charge is 0.263 e. The fourth-order valence-electron chi connectivity index (χ4n) is 4.35. The van der Waals surface area contributed by atoms with Crippen LogP contribution in [-0.2, 0) is 6.54 Å². The number of alkyl halides is 2. The summed E-state index contributed by atoms with van der Waals surface area (Å²) in [5, 5.41) is 4.27. The van der Waals surface area contributed by atoms with E-state index in [1.165, 1.54) is 18.5 Å². The van der Waals surface area contributed by atoms with Crippen LogP contribution in [0.4, 0.5) is 14.5 Å². The Morgan fingerprint density at radius 2 is 1.78 bits per heavy atom. The number of carbonyl (C=O) groups is 1. The zero-order valence-corrected chi connectivity index (χ0v) is 19.4. The van der Waals surface area contributed by atoms with E-state index in [4.69, 9.17) is 5.73 Å². The van der Waals surface area contributed by atoms with Crippen molar-refractivity contribution >= 4 is 22.5 Å². The van der Waals surface area contributed by atoms with Gasteiger partial charge in [0, 0.05) is 46.8 Å². The van der Waals surface area contributed by atoms with Crippen molar-refractivity contribution in [2.75, 3.05) is 5.32 Å². The number of aromatic nitrogens is 3. The number of amides is 1. The molecule has 0 radical (unpaired) electrons. The molecule has 0 aliphatic rings. The van der Waals surface area contributed by atoms with Gasteiger partial charge in [0.15, 0.2) is 0 Å². The third-order valence-electron chi connectivity index (χ3n) is 6.27. The quantitative estimate of drug-likeness (QED) is 0.255. The molecule has 8 heteroatoms. The van der Waals surface area contributed by atoms with Gasteiger partial charge < -0.3 is 16.0 Å². The van der Waals surface area contributed by atoms with Gasteiger partial charge in [0.2, 0.25) is 0 Å². The maximum absolute atomic E-state index is 12.8. The molecular weight excluding hydrogens is 460 g/mol. The van der Waals surface area contributed by atoms with Gasteiger partial charge in [0.1, 0.15) is 6.33 Å². The van der Waals surface area contributed by atoms with E-state index in [9.17, 15) is 13.6 Å². The van der Waals surface area contributed by atoms with Crippen LogP contribution in [0.3, 0.4) is 0 Å². The van der Waals surface area contributed by atoms with Crippen molar-refractivity contribution in [3.8, 4) is 22.4 Å². The molecule has 0 aliphatic heterocycles. The molecule has 5 aromatic rings. The lowest BCUT2D eigenvalue weighted by Gasteiger charge is -2.15. The highest BCUT2D eigenvalue weighted by molar-refractivity contribution is 6.10. The third kappa shape index (κ3) is 4.40. The number of nitrogens with one attached hydrogen (secondary N) is 2. The van der Waals surface area contributed by atoms with E-state index in [0.717, 1.165) is 44.6 Å². The summed E-state index contributed by atoms with van der Waals surface area (Å²) in [5.74, 6) is -0.519. The number of benzene rings is 3. The third-order valence-corrected chi connectivity index (χ3v) is 6.27.